The highest BCUT2D eigenvalue weighted by atomic mass is 79.9. The van der Waals surface area contributed by atoms with Crippen LogP contribution in [0.5, 0.6) is 0 Å². The smallest absolute Gasteiger partial charge is 0.297 e. The Morgan fingerprint density at radius 1 is 1.40 bits per heavy atom. The van der Waals surface area contributed by atoms with Crippen molar-refractivity contribution in [3.05, 3.63) is 28.7 Å². The fourth-order valence-electron chi connectivity index (χ4n) is 0.999. The summed E-state index contributed by atoms with van der Waals surface area (Å²) in [6.07, 6.45) is -0.0600. The van der Waals surface area contributed by atoms with Gasteiger partial charge in [0.2, 0.25) is 0 Å². The van der Waals surface area contributed by atoms with Gasteiger partial charge in [-0.3, -0.25) is 4.18 Å². The molecule has 1 atom stereocenters. The molecule has 1 heterocycles. The summed E-state index contributed by atoms with van der Waals surface area (Å²) in [6.45, 7) is 0.675. The SMILES string of the molecule is O=S(=O)(OCC1CO1)c1ccc(Br)cc1. The van der Waals surface area contributed by atoms with Crippen LogP contribution in [-0.4, -0.2) is 27.7 Å². The molecule has 0 aromatic heterocycles. The summed E-state index contributed by atoms with van der Waals surface area (Å²) in [5, 5.41) is 0. The lowest BCUT2D eigenvalue weighted by Crippen LogP contribution is -2.10. The van der Waals surface area contributed by atoms with E-state index in [-0.39, 0.29) is 17.6 Å². The zero-order valence-corrected chi connectivity index (χ0v) is 10.1. The summed E-state index contributed by atoms with van der Waals surface area (Å²) in [7, 11) is -3.63. The number of hydrogen-bond acceptors (Lipinski definition) is 4. The standard InChI is InChI=1S/C9H9BrO4S/c10-7-1-3-9(4-2-7)15(11,12)14-6-8-5-13-8/h1-4,8H,5-6H2. The lowest BCUT2D eigenvalue weighted by Gasteiger charge is -2.03. The molecule has 4 nitrogen and oxygen atoms in total. The molecular formula is C9H9BrO4S. The maximum atomic E-state index is 11.6. The Balaban J connectivity index is 2.09. The summed E-state index contributed by atoms with van der Waals surface area (Å²) >= 11 is 3.23. The molecule has 0 aliphatic carbocycles. The van der Waals surface area contributed by atoms with Crippen LogP contribution < -0.4 is 0 Å². The normalized spacial score (nSPS) is 20.2. The lowest BCUT2D eigenvalue weighted by atomic mass is 10.4. The van der Waals surface area contributed by atoms with E-state index < -0.39 is 10.1 Å². The maximum absolute atomic E-state index is 11.6. The molecule has 0 bridgehead atoms. The first-order valence-electron chi connectivity index (χ1n) is 4.34. The van der Waals surface area contributed by atoms with Crippen LogP contribution in [0, 0.1) is 0 Å². The molecule has 0 amide bonds. The molecule has 82 valence electrons. The van der Waals surface area contributed by atoms with Crippen molar-refractivity contribution in [1.29, 1.82) is 0 Å². The van der Waals surface area contributed by atoms with Crippen molar-refractivity contribution in [2.24, 2.45) is 0 Å². The minimum Gasteiger partial charge on any atom is -0.371 e. The predicted molar refractivity (Wildman–Crippen MR) is 57.0 cm³/mol. The van der Waals surface area contributed by atoms with Gasteiger partial charge in [0.15, 0.2) is 0 Å². The highest BCUT2D eigenvalue weighted by molar-refractivity contribution is 9.10. The van der Waals surface area contributed by atoms with Crippen LogP contribution in [0.15, 0.2) is 33.6 Å². The van der Waals surface area contributed by atoms with Gasteiger partial charge in [-0.1, -0.05) is 15.9 Å². The van der Waals surface area contributed by atoms with Crippen molar-refractivity contribution in [3.63, 3.8) is 0 Å². The van der Waals surface area contributed by atoms with Crippen LogP contribution in [0.3, 0.4) is 0 Å². The van der Waals surface area contributed by atoms with E-state index in [1.54, 1.807) is 12.1 Å². The second kappa shape index (κ2) is 4.21. The van der Waals surface area contributed by atoms with Gasteiger partial charge >= 0.3 is 0 Å². The average Bonchev–Trinajstić information content (AvgIpc) is 2.99. The topological polar surface area (TPSA) is 55.9 Å². The third kappa shape index (κ3) is 3.01. The molecule has 2 rings (SSSR count). The summed E-state index contributed by atoms with van der Waals surface area (Å²) < 4.78 is 33.7. The Hall–Kier alpha value is -0.430. The van der Waals surface area contributed by atoms with Gasteiger partial charge in [-0.2, -0.15) is 8.42 Å². The predicted octanol–water partition coefficient (Wildman–Crippen LogP) is 1.55. The Bertz CT molecular complexity index is 436. The van der Waals surface area contributed by atoms with Crippen LogP contribution in [0.2, 0.25) is 0 Å². The molecule has 0 saturated carbocycles. The van der Waals surface area contributed by atoms with E-state index in [9.17, 15) is 8.42 Å². The van der Waals surface area contributed by atoms with Crippen molar-refractivity contribution in [2.75, 3.05) is 13.2 Å². The molecule has 1 aliphatic heterocycles. The lowest BCUT2D eigenvalue weighted by molar-refractivity contribution is 0.266. The van der Waals surface area contributed by atoms with Crippen molar-refractivity contribution in [2.45, 2.75) is 11.0 Å². The molecule has 1 aromatic carbocycles. The van der Waals surface area contributed by atoms with Crippen molar-refractivity contribution in [3.8, 4) is 0 Å². The molecule has 1 unspecified atom stereocenters. The van der Waals surface area contributed by atoms with Gasteiger partial charge in [-0.15, -0.1) is 0 Å². The van der Waals surface area contributed by atoms with Crippen LogP contribution in [0.1, 0.15) is 0 Å². The zero-order chi connectivity index (χ0) is 10.9. The van der Waals surface area contributed by atoms with E-state index in [0.29, 0.717) is 6.61 Å². The van der Waals surface area contributed by atoms with Crippen molar-refractivity contribution in [1.82, 2.24) is 0 Å². The minimum absolute atomic E-state index is 0.0600. The van der Waals surface area contributed by atoms with Crippen LogP contribution in [0.25, 0.3) is 0 Å². The molecule has 6 heteroatoms. The highest BCUT2D eigenvalue weighted by Crippen LogP contribution is 2.18. The summed E-state index contributed by atoms with van der Waals surface area (Å²) in [5.41, 5.74) is 0. The van der Waals surface area contributed by atoms with Crippen LogP contribution in [0.4, 0.5) is 0 Å². The van der Waals surface area contributed by atoms with Crippen molar-refractivity contribution < 1.29 is 17.3 Å². The zero-order valence-electron chi connectivity index (χ0n) is 7.72. The number of epoxide rings is 1. The second-order valence-electron chi connectivity index (χ2n) is 3.15. The molecule has 1 aliphatic rings. The number of ether oxygens (including phenoxy) is 1. The van der Waals surface area contributed by atoms with Gasteiger partial charge in [0.1, 0.15) is 6.10 Å². The molecule has 0 radical (unpaired) electrons. The third-order valence-electron chi connectivity index (χ3n) is 1.91. The average molecular weight is 293 g/mol. The van der Waals surface area contributed by atoms with Gasteiger partial charge in [-0.25, -0.2) is 0 Å². The van der Waals surface area contributed by atoms with Gasteiger partial charge in [-0.05, 0) is 24.3 Å². The first-order valence-corrected chi connectivity index (χ1v) is 6.55. The van der Waals surface area contributed by atoms with E-state index >= 15 is 0 Å². The maximum Gasteiger partial charge on any atom is 0.297 e. The van der Waals surface area contributed by atoms with Crippen LogP contribution >= 0.6 is 15.9 Å². The first kappa shape index (κ1) is 11.1. The highest BCUT2D eigenvalue weighted by Gasteiger charge is 2.26. The molecular weight excluding hydrogens is 284 g/mol. The Morgan fingerprint density at radius 2 is 2.00 bits per heavy atom. The second-order valence-corrected chi connectivity index (χ2v) is 5.68. The van der Waals surface area contributed by atoms with Gasteiger partial charge < -0.3 is 4.74 Å². The van der Waals surface area contributed by atoms with Crippen LogP contribution in [-0.2, 0) is 19.0 Å². The van der Waals surface area contributed by atoms with Gasteiger partial charge in [0, 0.05) is 4.47 Å². The van der Waals surface area contributed by atoms with E-state index in [1.165, 1.54) is 12.1 Å². The molecule has 15 heavy (non-hydrogen) atoms. The quantitative estimate of drug-likeness (QED) is 0.624. The van der Waals surface area contributed by atoms with E-state index in [1.807, 2.05) is 0 Å². The Kier molecular flexibility index (Phi) is 3.11. The largest absolute Gasteiger partial charge is 0.371 e. The molecule has 0 spiro atoms. The third-order valence-corrected chi connectivity index (χ3v) is 3.74. The Morgan fingerprint density at radius 3 is 2.53 bits per heavy atom. The molecule has 1 saturated heterocycles. The Labute approximate surface area is 96.4 Å². The number of hydrogen-bond donors (Lipinski definition) is 0. The fraction of sp³-hybridized carbons (Fsp3) is 0.333. The van der Waals surface area contributed by atoms with E-state index in [2.05, 4.69) is 15.9 Å². The molecule has 0 N–H and O–H groups in total. The summed E-state index contributed by atoms with van der Waals surface area (Å²) in [4.78, 5) is 0.159. The minimum atomic E-state index is -3.63. The monoisotopic (exact) mass is 292 g/mol. The van der Waals surface area contributed by atoms with Gasteiger partial charge in [0.05, 0.1) is 18.1 Å². The molecule has 1 fully saturated rings. The number of halogens is 1. The fourth-order valence-corrected chi connectivity index (χ4v) is 2.20. The van der Waals surface area contributed by atoms with E-state index in [0.717, 1.165) is 4.47 Å². The van der Waals surface area contributed by atoms with Crippen molar-refractivity contribution >= 4 is 26.0 Å². The van der Waals surface area contributed by atoms with E-state index in [4.69, 9.17) is 8.92 Å². The number of rotatable bonds is 4. The molecule has 1 aromatic rings. The first-order chi connectivity index (χ1) is 7.08. The van der Waals surface area contributed by atoms with Gasteiger partial charge in [0.25, 0.3) is 10.1 Å². The number of benzene rings is 1. The summed E-state index contributed by atoms with van der Waals surface area (Å²) in [5.74, 6) is 0. The summed E-state index contributed by atoms with van der Waals surface area (Å²) in [6, 6.07) is 6.30.